The number of carbonyl (C=O) groups is 1. The Morgan fingerprint density at radius 3 is 2.93 bits per heavy atom. The van der Waals surface area contributed by atoms with E-state index in [2.05, 4.69) is 25.4 Å². The third kappa shape index (κ3) is 3.68. The lowest BCUT2D eigenvalue weighted by atomic mass is 10.1. The minimum atomic E-state index is -0.181. The lowest BCUT2D eigenvalue weighted by Crippen LogP contribution is -2.13. The number of nitrogens with one attached hydrogen (secondary N) is 1. The Morgan fingerprint density at radius 1 is 1.10 bits per heavy atom. The molecule has 2 aromatic carbocycles. The number of aromatic nitrogens is 4. The zero-order valence-corrected chi connectivity index (χ0v) is 16.5. The van der Waals surface area contributed by atoms with Crippen LogP contribution in [0.15, 0.2) is 77.0 Å². The van der Waals surface area contributed by atoms with Crippen LogP contribution in [0.4, 0.5) is 5.69 Å². The van der Waals surface area contributed by atoms with Gasteiger partial charge < -0.3 is 9.84 Å². The smallest absolute Gasteiger partial charge is 0.255 e. The molecule has 0 aliphatic rings. The Kier molecular flexibility index (Phi) is 4.74. The van der Waals surface area contributed by atoms with Crippen LogP contribution >= 0.6 is 11.3 Å². The van der Waals surface area contributed by atoms with Gasteiger partial charge >= 0.3 is 0 Å². The van der Waals surface area contributed by atoms with E-state index >= 15 is 0 Å². The van der Waals surface area contributed by atoms with Gasteiger partial charge in [0.05, 0.1) is 22.1 Å². The van der Waals surface area contributed by atoms with Crippen molar-refractivity contribution in [1.82, 2.24) is 20.1 Å². The molecule has 0 fully saturated rings. The minimum absolute atomic E-state index is 0.181. The Balaban J connectivity index is 1.36. The van der Waals surface area contributed by atoms with Crippen molar-refractivity contribution in [3.8, 4) is 11.4 Å². The third-order valence-corrected chi connectivity index (χ3v) is 5.38. The van der Waals surface area contributed by atoms with Gasteiger partial charge in [-0.25, -0.2) is 4.98 Å². The normalized spacial score (nSPS) is 10.9. The number of nitrogens with zero attached hydrogens (tertiary/aromatic N) is 4. The molecule has 1 N–H and O–H groups in total. The molecule has 0 spiro atoms. The van der Waals surface area contributed by atoms with Crippen molar-refractivity contribution in [1.29, 1.82) is 0 Å². The molecule has 0 aliphatic heterocycles. The number of hydrogen-bond donors (Lipinski definition) is 1. The molecule has 0 radical (unpaired) electrons. The van der Waals surface area contributed by atoms with Crippen LogP contribution in [0.5, 0.6) is 0 Å². The van der Waals surface area contributed by atoms with E-state index in [9.17, 15) is 4.79 Å². The summed E-state index contributed by atoms with van der Waals surface area (Å²) in [5.41, 5.74) is 5.61. The SMILES string of the molecule is O=C(Nc1ccccc1Cc1nc(-c2cccnc2)no1)c1ccc2ncsc2c1. The van der Waals surface area contributed by atoms with Gasteiger partial charge in [0.15, 0.2) is 0 Å². The summed E-state index contributed by atoms with van der Waals surface area (Å²) in [6.07, 6.45) is 3.77. The zero-order valence-electron chi connectivity index (χ0n) is 15.6. The van der Waals surface area contributed by atoms with Gasteiger partial charge in [-0.15, -0.1) is 11.3 Å². The number of anilines is 1. The second-order valence-electron chi connectivity index (χ2n) is 6.58. The molecule has 1 amide bonds. The number of benzene rings is 2. The van der Waals surface area contributed by atoms with Crippen molar-refractivity contribution in [2.75, 3.05) is 5.32 Å². The summed E-state index contributed by atoms with van der Waals surface area (Å²) in [4.78, 5) is 25.6. The highest BCUT2D eigenvalue weighted by Gasteiger charge is 2.14. The van der Waals surface area contributed by atoms with Crippen molar-refractivity contribution >= 4 is 33.1 Å². The van der Waals surface area contributed by atoms with Crippen LogP contribution in [-0.4, -0.2) is 26.0 Å². The number of fused-ring (bicyclic) bond motifs is 1. The van der Waals surface area contributed by atoms with E-state index in [-0.39, 0.29) is 5.91 Å². The van der Waals surface area contributed by atoms with Crippen LogP contribution in [0.1, 0.15) is 21.8 Å². The predicted molar refractivity (Wildman–Crippen MR) is 114 cm³/mol. The topological polar surface area (TPSA) is 93.8 Å². The summed E-state index contributed by atoms with van der Waals surface area (Å²) in [5.74, 6) is 0.762. The molecule has 3 aromatic heterocycles. The van der Waals surface area contributed by atoms with Crippen molar-refractivity contribution < 1.29 is 9.32 Å². The number of carbonyl (C=O) groups excluding carboxylic acids is 1. The van der Waals surface area contributed by atoms with Gasteiger partial charge in [-0.3, -0.25) is 9.78 Å². The van der Waals surface area contributed by atoms with E-state index in [4.69, 9.17) is 4.52 Å². The fourth-order valence-corrected chi connectivity index (χ4v) is 3.81. The van der Waals surface area contributed by atoms with Crippen LogP contribution in [0.2, 0.25) is 0 Å². The number of pyridine rings is 1. The van der Waals surface area contributed by atoms with Gasteiger partial charge in [-0.05, 0) is 42.0 Å². The number of thiazole rings is 1. The summed E-state index contributed by atoms with van der Waals surface area (Å²) >= 11 is 1.51. The number of rotatable bonds is 5. The number of amides is 1. The molecule has 3 heterocycles. The first-order chi connectivity index (χ1) is 14.8. The average Bonchev–Trinajstić information content (AvgIpc) is 3.44. The predicted octanol–water partition coefficient (Wildman–Crippen LogP) is 4.58. The van der Waals surface area contributed by atoms with E-state index in [1.165, 1.54) is 11.3 Å². The molecule has 0 saturated carbocycles. The summed E-state index contributed by atoms with van der Waals surface area (Å²) in [6.45, 7) is 0. The summed E-state index contributed by atoms with van der Waals surface area (Å²) in [6, 6.07) is 16.7. The minimum Gasteiger partial charge on any atom is -0.339 e. The summed E-state index contributed by atoms with van der Waals surface area (Å²) in [5, 5.41) is 7.01. The molecule has 0 atom stereocenters. The van der Waals surface area contributed by atoms with Gasteiger partial charge in [-0.2, -0.15) is 4.98 Å². The van der Waals surface area contributed by atoms with E-state index < -0.39 is 0 Å². The molecular formula is C22H15N5O2S. The van der Waals surface area contributed by atoms with Crippen LogP contribution in [0, 0.1) is 0 Å². The first-order valence-electron chi connectivity index (χ1n) is 9.22. The second-order valence-corrected chi connectivity index (χ2v) is 7.46. The summed E-state index contributed by atoms with van der Waals surface area (Å²) < 4.78 is 6.38. The second kappa shape index (κ2) is 7.84. The molecule has 0 saturated heterocycles. The number of para-hydroxylation sites is 1. The highest BCUT2D eigenvalue weighted by Crippen LogP contribution is 2.23. The maximum absolute atomic E-state index is 12.8. The first-order valence-corrected chi connectivity index (χ1v) is 10.1. The maximum atomic E-state index is 12.8. The van der Waals surface area contributed by atoms with E-state index in [0.29, 0.717) is 29.4 Å². The first kappa shape index (κ1) is 18.1. The van der Waals surface area contributed by atoms with E-state index in [0.717, 1.165) is 21.3 Å². The van der Waals surface area contributed by atoms with E-state index in [1.54, 1.807) is 24.0 Å². The average molecular weight is 413 g/mol. The maximum Gasteiger partial charge on any atom is 0.255 e. The highest BCUT2D eigenvalue weighted by molar-refractivity contribution is 7.16. The molecule has 7 nitrogen and oxygen atoms in total. The van der Waals surface area contributed by atoms with Gasteiger partial charge in [0.1, 0.15) is 0 Å². The molecule has 30 heavy (non-hydrogen) atoms. The number of hydrogen-bond acceptors (Lipinski definition) is 7. The van der Waals surface area contributed by atoms with Gasteiger partial charge in [-0.1, -0.05) is 23.4 Å². The lowest BCUT2D eigenvalue weighted by molar-refractivity contribution is 0.102. The lowest BCUT2D eigenvalue weighted by Gasteiger charge is -2.10. The van der Waals surface area contributed by atoms with Gasteiger partial charge in [0, 0.05) is 29.2 Å². The molecule has 0 aliphatic carbocycles. The quantitative estimate of drug-likeness (QED) is 0.453. The molecule has 146 valence electrons. The standard InChI is InChI=1S/C22H15N5O2S/c28-22(15-7-8-18-19(10-15)30-13-24-18)25-17-6-2-1-4-14(17)11-20-26-21(27-29-20)16-5-3-9-23-12-16/h1-10,12-13H,11H2,(H,25,28). The Labute approximate surface area is 175 Å². The Hall–Kier alpha value is -3.91. The molecule has 5 aromatic rings. The summed E-state index contributed by atoms with van der Waals surface area (Å²) in [7, 11) is 0. The third-order valence-electron chi connectivity index (χ3n) is 4.59. The van der Waals surface area contributed by atoms with Gasteiger partial charge in [0.25, 0.3) is 5.91 Å². The molecule has 8 heteroatoms. The highest BCUT2D eigenvalue weighted by atomic mass is 32.1. The Bertz CT molecular complexity index is 1330. The zero-order chi connectivity index (χ0) is 20.3. The van der Waals surface area contributed by atoms with Crippen LogP contribution in [-0.2, 0) is 6.42 Å². The van der Waals surface area contributed by atoms with Crippen LogP contribution in [0.3, 0.4) is 0 Å². The molecule has 0 unspecified atom stereocenters. The van der Waals surface area contributed by atoms with Crippen LogP contribution in [0.25, 0.3) is 21.6 Å². The molecule has 5 rings (SSSR count). The molecular weight excluding hydrogens is 398 g/mol. The van der Waals surface area contributed by atoms with Crippen molar-refractivity contribution in [3.05, 3.63) is 89.5 Å². The van der Waals surface area contributed by atoms with Crippen molar-refractivity contribution in [2.24, 2.45) is 0 Å². The Morgan fingerprint density at radius 2 is 2.03 bits per heavy atom. The van der Waals surface area contributed by atoms with Crippen LogP contribution < -0.4 is 5.32 Å². The fourth-order valence-electron chi connectivity index (χ4n) is 3.09. The van der Waals surface area contributed by atoms with Gasteiger partial charge in [0.2, 0.25) is 11.7 Å². The monoisotopic (exact) mass is 413 g/mol. The molecule has 0 bridgehead atoms. The van der Waals surface area contributed by atoms with Crippen molar-refractivity contribution in [3.63, 3.8) is 0 Å². The van der Waals surface area contributed by atoms with E-state index in [1.807, 2.05) is 48.5 Å². The van der Waals surface area contributed by atoms with Crippen molar-refractivity contribution in [2.45, 2.75) is 6.42 Å². The largest absolute Gasteiger partial charge is 0.339 e. The fraction of sp³-hybridized carbons (Fsp3) is 0.0455.